The maximum Gasteiger partial charge on any atom is 0.123 e. The number of nitrogens with zero attached hydrogens (tertiary/aromatic N) is 2. The highest BCUT2D eigenvalue weighted by molar-refractivity contribution is 5.69. The van der Waals surface area contributed by atoms with Crippen LogP contribution in [-0.4, -0.2) is 23.0 Å². The summed E-state index contributed by atoms with van der Waals surface area (Å²) in [5.41, 5.74) is 11.4. The zero-order chi connectivity index (χ0) is 25.7. The molecule has 0 atom stereocenters. The van der Waals surface area contributed by atoms with Crippen LogP contribution in [0.2, 0.25) is 0 Å². The summed E-state index contributed by atoms with van der Waals surface area (Å²) >= 11 is 0. The van der Waals surface area contributed by atoms with Gasteiger partial charge in [-0.3, -0.25) is 9.88 Å². The van der Waals surface area contributed by atoms with Gasteiger partial charge in [0.05, 0.1) is 5.69 Å². The Labute approximate surface area is 218 Å². The van der Waals surface area contributed by atoms with Gasteiger partial charge in [-0.15, -0.1) is 0 Å². The Morgan fingerprint density at radius 1 is 0.889 bits per heavy atom. The summed E-state index contributed by atoms with van der Waals surface area (Å²) in [6.07, 6.45) is 5.97. The molecule has 2 aromatic carbocycles. The second-order valence-electron chi connectivity index (χ2n) is 10.7. The molecule has 2 heterocycles. The molecule has 192 valence electrons. The molecule has 0 radical (unpaired) electrons. The summed E-state index contributed by atoms with van der Waals surface area (Å²) in [5, 5.41) is 0. The molecule has 4 rings (SSSR count). The van der Waals surface area contributed by atoms with E-state index in [1.54, 1.807) is 0 Å². The third kappa shape index (κ3) is 6.00. The average Bonchev–Trinajstić information content (AvgIpc) is 2.88. The molecule has 0 spiro atoms. The lowest BCUT2D eigenvalue weighted by Crippen LogP contribution is -2.29. The summed E-state index contributed by atoms with van der Waals surface area (Å²) in [6, 6.07) is 15.7. The molecule has 1 aromatic heterocycles. The van der Waals surface area contributed by atoms with Gasteiger partial charge < -0.3 is 4.74 Å². The van der Waals surface area contributed by atoms with Crippen molar-refractivity contribution < 1.29 is 4.74 Å². The number of hydrogen-bond donors (Lipinski definition) is 0. The van der Waals surface area contributed by atoms with Crippen molar-refractivity contribution >= 4 is 0 Å². The molecule has 1 fully saturated rings. The number of pyridine rings is 1. The van der Waals surface area contributed by atoms with Gasteiger partial charge in [0.15, 0.2) is 0 Å². The lowest BCUT2D eigenvalue weighted by Gasteiger charge is -2.28. The average molecular weight is 485 g/mol. The minimum Gasteiger partial charge on any atom is -0.489 e. The number of hydrogen-bond acceptors (Lipinski definition) is 3. The molecule has 1 aliphatic heterocycles. The van der Waals surface area contributed by atoms with Crippen molar-refractivity contribution in [3.8, 4) is 17.0 Å². The summed E-state index contributed by atoms with van der Waals surface area (Å²) in [7, 11) is 0. The smallest absolute Gasteiger partial charge is 0.123 e. The van der Waals surface area contributed by atoms with Crippen molar-refractivity contribution in [2.24, 2.45) is 0 Å². The number of aromatic nitrogens is 1. The number of ether oxygens (including phenoxy) is 1. The molecule has 0 N–H and O–H groups in total. The first kappa shape index (κ1) is 26.4. The van der Waals surface area contributed by atoms with E-state index < -0.39 is 0 Å². The fourth-order valence-electron chi connectivity index (χ4n) is 5.44. The lowest BCUT2D eigenvalue weighted by molar-refractivity contribution is 0.218. The van der Waals surface area contributed by atoms with Crippen molar-refractivity contribution in [2.75, 3.05) is 13.1 Å². The predicted molar refractivity (Wildman–Crippen MR) is 152 cm³/mol. The Balaban J connectivity index is 1.73. The fraction of sp³-hybridized carbons (Fsp3) is 0.485. The molecule has 0 saturated carbocycles. The Hall–Kier alpha value is -2.65. The molecule has 36 heavy (non-hydrogen) atoms. The van der Waals surface area contributed by atoms with E-state index in [0.717, 1.165) is 36.5 Å². The van der Waals surface area contributed by atoms with Gasteiger partial charge in [-0.05, 0) is 98.5 Å². The van der Waals surface area contributed by atoms with Gasteiger partial charge in [0.25, 0.3) is 0 Å². The quantitative estimate of drug-likeness (QED) is 0.306. The summed E-state index contributed by atoms with van der Waals surface area (Å²) in [6.45, 7) is 17.1. The predicted octanol–water partition coefficient (Wildman–Crippen LogP) is 8.18. The molecule has 1 aliphatic rings. The van der Waals surface area contributed by atoms with E-state index in [9.17, 15) is 0 Å². The van der Waals surface area contributed by atoms with E-state index in [-0.39, 0.29) is 0 Å². The van der Waals surface area contributed by atoms with E-state index >= 15 is 0 Å². The van der Waals surface area contributed by atoms with Gasteiger partial charge >= 0.3 is 0 Å². The van der Waals surface area contributed by atoms with Gasteiger partial charge in [-0.1, -0.05) is 64.4 Å². The highest BCUT2D eigenvalue weighted by Gasteiger charge is 2.19. The number of piperidine rings is 1. The highest BCUT2D eigenvalue weighted by Crippen LogP contribution is 2.32. The van der Waals surface area contributed by atoms with Crippen LogP contribution in [0, 0.1) is 13.8 Å². The number of likely N-dealkylation sites (tertiary alicyclic amines) is 1. The minimum atomic E-state index is 0.483. The first-order valence-electron chi connectivity index (χ1n) is 14.0. The molecular formula is C33H44N2O. The summed E-state index contributed by atoms with van der Waals surface area (Å²) in [4.78, 5) is 7.81. The molecule has 0 amide bonds. The zero-order valence-electron chi connectivity index (χ0n) is 23.3. The lowest BCUT2D eigenvalue weighted by atomic mass is 9.92. The van der Waals surface area contributed by atoms with Crippen molar-refractivity contribution in [2.45, 2.75) is 92.7 Å². The van der Waals surface area contributed by atoms with Crippen LogP contribution in [-0.2, 0) is 26.0 Å². The topological polar surface area (TPSA) is 25.4 Å². The largest absolute Gasteiger partial charge is 0.489 e. The minimum absolute atomic E-state index is 0.483. The fourth-order valence-corrected chi connectivity index (χ4v) is 5.44. The van der Waals surface area contributed by atoms with Crippen molar-refractivity contribution in [3.63, 3.8) is 0 Å². The van der Waals surface area contributed by atoms with E-state index in [1.165, 1.54) is 71.3 Å². The van der Waals surface area contributed by atoms with Crippen LogP contribution in [0.25, 0.3) is 11.3 Å². The van der Waals surface area contributed by atoms with E-state index in [0.29, 0.717) is 12.5 Å². The van der Waals surface area contributed by atoms with Crippen LogP contribution in [0.4, 0.5) is 0 Å². The highest BCUT2D eigenvalue weighted by atomic mass is 16.5. The molecule has 0 bridgehead atoms. The molecule has 0 unspecified atom stereocenters. The van der Waals surface area contributed by atoms with Crippen LogP contribution in [0.1, 0.15) is 91.9 Å². The number of rotatable bonds is 9. The van der Waals surface area contributed by atoms with Crippen LogP contribution in [0.15, 0.2) is 42.5 Å². The van der Waals surface area contributed by atoms with E-state index in [4.69, 9.17) is 9.72 Å². The van der Waals surface area contributed by atoms with Crippen LogP contribution >= 0.6 is 0 Å². The zero-order valence-corrected chi connectivity index (χ0v) is 23.3. The number of aryl methyl sites for hydroxylation is 4. The van der Waals surface area contributed by atoms with Gasteiger partial charge in [-0.25, -0.2) is 0 Å². The Bertz CT molecular complexity index is 1150. The third-order valence-electron chi connectivity index (χ3n) is 7.77. The molecule has 0 aliphatic carbocycles. The standard InChI is InChI=1S/C33H44N2O/c1-7-26-13-12-14-27(8-2)33(26)31-19-29(21-35-17-10-9-11-18-35)30(25(6)34-31)22-36-32-20-28(23(3)4)16-15-24(32)5/h12-16,19-20,23H,7-11,17-18,21-22H2,1-6H3. The molecule has 3 nitrogen and oxygen atoms in total. The van der Waals surface area contributed by atoms with E-state index in [2.05, 4.69) is 88.9 Å². The van der Waals surface area contributed by atoms with Crippen LogP contribution in [0.5, 0.6) is 5.75 Å². The molecule has 3 aromatic rings. The maximum atomic E-state index is 6.50. The third-order valence-corrected chi connectivity index (χ3v) is 7.77. The SMILES string of the molecule is CCc1cccc(CC)c1-c1cc(CN2CCCCC2)c(COc2cc(C(C)C)ccc2C)c(C)n1. The van der Waals surface area contributed by atoms with Crippen molar-refractivity contribution in [3.05, 3.63) is 81.5 Å². The molecule has 3 heteroatoms. The summed E-state index contributed by atoms with van der Waals surface area (Å²) in [5.74, 6) is 1.47. The van der Waals surface area contributed by atoms with Gasteiger partial charge in [0.1, 0.15) is 12.4 Å². The Morgan fingerprint density at radius 3 is 2.22 bits per heavy atom. The Kier molecular flexibility index (Phi) is 8.85. The first-order valence-corrected chi connectivity index (χ1v) is 14.0. The van der Waals surface area contributed by atoms with Gasteiger partial charge in [-0.2, -0.15) is 0 Å². The molecular weight excluding hydrogens is 440 g/mol. The van der Waals surface area contributed by atoms with Crippen LogP contribution in [0.3, 0.4) is 0 Å². The Morgan fingerprint density at radius 2 is 1.58 bits per heavy atom. The monoisotopic (exact) mass is 484 g/mol. The van der Waals surface area contributed by atoms with Crippen molar-refractivity contribution in [1.29, 1.82) is 0 Å². The summed E-state index contributed by atoms with van der Waals surface area (Å²) < 4.78 is 6.50. The van der Waals surface area contributed by atoms with Crippen LogP contribution < -0.4 is 4.74 Å². The first-order chi connectivity index (χ1) is 17.4. The van der Waals surface area contributed by atoms with Crippen molar-refractivity contribution in [1.82, 2.24) is 9.88 Å². The van der Waals surface area contributed by atoms with Gasteiger partial charge in [0, 0.05) is 23.4 Å². The maximum absolute atomic E-state index is 6.50. The second-order valence-corrected chi connectivity index (χ2v) is 10.7. The van der Waals surface area contributed by atoms with Gasteiger partial charge in [0.2, 0.25) is 0 Å². The number of benzene rings is 2. The molecule has 1 saturated heterocycles. The van der Waals surface area contributed by atoms with E-state index in [1.807, 2.05) is 0 Å². The second kappa shape index (κ2) is 12.1. The normalized spacial score (nSPS) is 14.4.